The molecule has 1 amide bonds. The van der Waals surface area contributed by atoms with Crippen LogP contribution in [0.4, 0.5) is 5.82 Å². The van der Waals surface area contributed by atoms with E-state index in [1.165, 1.54) is 12.1 Å². The van der Waals surface area contributed by atoms with Crippen LogP contribution in [0.1, 0.15) is 21.7 Å². The lowest BCUT2D eigenvalue weighted by Gasteiger charge is -2.05. The number of aromatic nitrogens is 1. The number of aliphatic hydroxyl groups excluding tert-OH is 1. The molecule has 0 fully saturated rings. The second-order valence-corrected chi connectivity index (χ2v) is 4.30. The first kappa shape index (κ1) is 14.7. The molecule has 7 heteroatoms. The second-order valence-electron chi connectivity index (χ2n) is 4.30. The highest BCUT2D eigenvalue weighted by Crippen LogP contribution is 2.08. The lowest BCUT2D eigenvalue weighted by atomic mass is 10.1. The Morgan fingerprint density at radius 3 is 2.62 bits per heavy atom. The second kappa shape index (κ2) is 6.67. The van der Waals surface area contributed by atoms with Crippen LogP contribution < -0.4 is 5.32 Å². The SMILES string of the molecule is Cc1cc(NC(=O)COC(=O)c2ccc(CO)cc2)no1. The monoisotopic (exact) mass is 290 g/mol. The molecule has 0 aliphatic carbocycles. The number of rotatable bonds is 5. The average molecular weight is 290 g/mol. The van der Waals surface area contributed by atoms with Crippen LogP contribution in [-0.4, -0.2) is 28.7 Å². The molecular weight excluding hydrogens is 276 g/mol. The summed E-state index contributed by atoms with van der Waals surface area (Å²) in [5.74, 6) is -0.304. The van der Waals surface area contributed by atoms with Gasteiger partial charge in [-0.15, -0.1) is 0 Å². The number of amides is 1. The lowest BCUT2D eigenvalue weighted by molar-refractivity contribution is -0.119. The van der Waals surface area contributed by atoms with Gasteiger partial charge in [-0.05, 0) is 24.6 Å². The number of benzene rings is 1. The van der Waals surface area contributed by atoms with Gasteiger partial charge in [-0.3, -0.25) is 4.79 Å². The van der Waals surface area contributed by atoms with Gasteiger partial charge >= 0.3 is 5.97 Å². The third kappa shape index (κ3) is 4.15. The predicted octanol–water partition coefficient (Wildman–Crippen LogP) is 1.27. The number of nitrogens with one attached hydrogen (secondary N) is 1. The molecule has 2 rings (SSSR count). The van der Waals surface area contributed by atoms with E-state index in [9.17, 15) is 9.59 Å². The van der Waals surface area contributed by atoms with Gasteiger partial charge in [0.25, 0.3) is 5.91 Å². The number of aliphatic hydroxyl groups is 1. The van der Waals surface area contributed by atoms with Gasteiger partial charge in [-0.1, -0.05) is 17.3 Å². The van der Waals surface area contributed by atoms with Gasteiger partial charge in [0.15, 0.2) is 12.4 Å². The van der Waals surface area contributed by atoms with Gasteiger partial charge in [0, 0.05) is 6.07 Å². The predicted molar refractivity (Wildman–Crippen MR) is 72.5 cm³/mol. The summed E-state index contributed by atoms with van der Waals surface area (Å²) in [4.78, 5) is 23.3. The highest BCUT2D eigenvalue weighted by molar-refractivity contribution is 5.94. The van der Waals surface area contributed by atoms with E-state index in [0.29, 0.717) is 16.9 Å². The Labute approximate surface area is 120 Å². The molecule has 1 heterocycles. The summed E-state index contributed by atoms with van der Waals surface area (Å²) in [6.07, 6.45) is 0. The van der Waals surface area contributed by atoms with Crippen molar-refractivity contribution in [1.82, 2.24) is 5.16 Å². The number of hydrogen-bond acceptors (Lipinski definition) is 6. The van der Waals surface area contributed by atoms with Gasteiger partial charge in [-0.25, -0.2) is 4.79 Å². The fourth-order valence-electron chi connectivity index (χ4n) is 1.56. The van der Waals surface area contributed by atoms with Crippen LogP contribution >= 0.6 is 0 Å². The molecule has 0 bridgehead atoms. The van der Waals surface area contributed by atoms with Gasteiger partial charge < -0.3 is 19.7 Å². The van der Waals surface area contributed by atoms with Gasteiger partial charge in [0.2, 0.25) is 0 Å². The molecule has 0 aliphatic rings. The van der Waals surface area contributed by atoms with E-state index in [1.807, 2.05) is 0 Å². The average Bonchev–Trinajstić information content (AvgIpc) is 2.90. The van der Waals surface area contributed by atoms with Gasteiger partial charge in [0.05, 0.1) is 12.2 Å². The number of esters is 1. The van der Waals surface area contributed by atoms with Crippen molar-refractivity contribution in [3.8, 4) is 0 Å². The number of carbonyl (C=O) groups excluding carboxylic acids is 2. The summed E-state index contributed by atoms with van der Waals surface area (Å²) in [6.45, 7) is 1.17. The smallest absolute Gasteiger partial charge is 0.338 e. The zero-order valence-corrected chi connectivity index (χ0v) is 11.3. The first-order valence-electron chi connectivity index (χ1n) is 6.18. The van der Waals surface area contributed by atoms with Gasteiger partial charge in [-0.2, -0.15) is 0 Å². The minimum Gasteiger partial charge on any atom is -0.452 e. The van der Waals surface area contributed by atoms with Crippen LogP contribution in [0.3, 0.4) is 0 Å². The summed E-state index contributed by atoms with van der Waals surface area (Å²) in [7, 11) is 0. The number of aryl methyl sites for hydroxylation is 1. The van der Waals surface area contributed by atoms with Crippen LogP contribution in [0.2, 0.25) is 0 Å². The molecule has 0 spiro atoms. The van der Waals surface area contributed by atoms with Crippen LogP contribution in [0, 0.1) is 6.92 Å². The van der Waals surface area contributed by atoms with Crippen molar-refractivity contribution in [3.63, 3.8) is 0 Å². The van der Waals surface area contributed by atoms with E-state index in [1.54, 1.807) is 25.1 Å². The Balaban J connectivity index is 1.83. The molecule has 0 saturated heterocycles. The van der Waals surface area contributed by atoms with Crippen LogP contribution in [-0.2, 0) is 16.1 Å². The number of hydrogen-bond donors (Lipinski definition) is 2. The molecule has 0 saturated carbocycles. The first-order chi connectivity index (χ1) is 10.1. The Bertz CT molecular complexity index is 633. The minimum absolute atomic E-state index is 0.102. The lowest BCUT2D eigenvalue weighted by Crippen LogP contribution is -2.21. The highest BCUT2D eigenvalue weighted by Gasteiger charge is 2.11. The molecular formula is C14H14N2O5. The molecule has 0 aliphatic heterocycles. The Kier molecular flexibility index (Phi) is 4.68. The number of ether oxygens (including phenoxy) is 1. The third-order valence-corrected chi connectivity index (χ3v) is 2.60. The van der Waals surface area contributed by atoms with Crippen LogP contribution in [0.25, 0.3) is 0 Å². The molecule has 2 aromatic rings. The molecule has 21 heavy (non-hydrogen) atoms. The summed E-state index contributed by atoms with van der Waals surface area (Å²) < 4.78 is 9.66. The molecule has 0 radical (unpaired) electrons. The number of anilines is 1. The maximum Gasteiger partial charge on any atom is 0.338 e. The van der Waals surface area contributed by atoms with Crippen molar-refractivity contribution in [2.45, 2.75) is 13.5 Å². The summed E-state index contributed by atoms with van der Waals surface area (Å²) in [5.41, 5.74) is 0.989. The van der Waals surface area contributed by atoms with E-state index in [4.69, 9.17) is 14.4 Å². The minimum atomic E-state index is -0.619. The van der Waals surface area contributed by atoms with Gasteiger partial charge in [0.1, 0.15) is 5.76 Å². The van der Waals surface area contributed by atoms with Crippen molar-refractivity contribution >= 4 is 17.7 Å². The normalized spacial score (nSPS) is 10.2. The van der Waals surface area contributed by atoms with Crippen molar-refractivity contribution in [2.75, 3.05) is 11.9 Å². The summed E-state index contributed by atoms with van der Waals surface area (Å²) >= 11 is 0. The topological polar surface area (TPSA) is 102 Å². The summed E-state index contributed by atoms with van der Waals surface area (Å²) in [6, 6.07) is 7.80. The van der Waals surface area contributed by atoms with E-state index in [-0.39, 0.29) is 12.4 Å². The fourth-order valence-corrected chi connectivity index (χ4v) is 1.56. The number of nitrogens with zero attached hydrogens (tertiary/aromatic N) is 1. The van der Waals surface area contributed by atoms with E-state index in [2.05, 4.69) is 10.5 Å². The maximum atomic E-state index is 11.7. The quantitative estimate of drug-likeness (QED) is 0.804. The van der Waals surface area contributed by atoms with E-state index in [0.717, 1.165) is 0 Å². The highest BCUT2D eigenvalue weighted by atomic mass is 16.5. The standard InChI is InChI=1S/C14H14N2O5/c1-9-6-12(16-21-9)15-13(18)8-20-14(19)11-4-2-10(7-17)3-5-11/h2-6,17H,7-8H2,1H3,(H,15,16,18). The molecule has 1 aromatic heterocycles. The maximum absolute atomic E-state index is 11.7. The molecule has 0 unspecified atom stereocenters. The number of carbonyl (C=O) groups is 2. The Morgan fingerprint density at radius 2 is 2.05 bits per heavy atom. The molecule has 2 N–H and O–H groups in total. The van der Waals surface area contributed by atoms with E-state index < -0.39 is 18.5 Å². The van der Waals surface area contributed by atoms with Crippen LogP contribution in [0.5, 0.6) is 0 Å². The van der Waals surface area contributed by atoms with E-state index >= 15 is 0 Å². The van der Waals surface area contributed by atoms with Crippen molar-refractivity contribution in [3.05, 3.63) is 47.2 Å². The third-order valence-electron chi connectivity index (χ3n) is 2.60. The zero-order valence-electron chi connectivity index (χ0n) is 11.3. The molecule has 1 aromatic carbocycles. The summed E-state index contributed by atoms with van der Waals surface area (Å²) in [5, 5.41) is 14.9. The molecule has 110 valence electrons. The molecule has 0 atom stereocenters. The zero-order chi connectivity index (χ0) is 15.2. The Morgan fingerprint density at radius 1 is 1.33 bits per heavy atom. The first-order valence-corrected chi connectivity index (χ1v) is 6.18. The molecule has 7 nitrogen and oxygen atoms in total. The van der Waals surface area contributed by atoms with Crippen LogP contribution in [0.15, 0.2) is 34.9 Å². The van der Waals surface area contributed by atoms with Crippen molar-refractivity contribution < 1.29 is 24.0 Å². The van der Waals surface area contributed by atoms with Crippen molar-refractivity contribution in [1.29, 1.82) is 0 Å². The fraction of sp³-hybridized carbons (Fsp3) is 0.214. The Hall–Kier alpha value is -2.67. The largest absolute Gasteiger partial charge is 0.452 e. The van der Waals surface area contributed by atoms with Crippen molar-refractivity contribution in [2.24, 2.45) is 0 Å².